The Morgan fingerprint density at radius 1 is 1.50 bits per heavy atom. The van der Waals surface area contributed by atoms with Crippen LogP contribution in [0.15, 0.2) is 16.3 Å². The molecule has 0 aromatic rings. The highest BCUT2D eigenvalue weighted by atomic mass is 14.7. The number of nitrogens with zero attached hydrogens (tertiary/aromatic N) is 1. The molecule has 8 heavy (non-hydrogen) atoms. The monoisotopic (exact) mass is 111 g/mol. The molecule has 0 aromatic heterocycles. The maximum Gasteiger partial charge on any atom is 0.0354 e. The number of hydrogen-bond acceptors (Lipinski definition) is 1. The third-order valence-electron chi connectivity index (χ3n) is 1.39. The summed E-state index contributed by atoms with van der Waals surface area (Å²) in [6.45, 7) is 9.59. The molecule has 1 nitrogen and oxygen atoms in total. The first-order valence-electron chi connectivity index (χ1n) is 2.85. The van der Waals surface area contributed by atoms with Crippen LogP contribution >= 0.6 is 0 Å². The van der Waals surface area contributed by atoms with Gasteiger partial charge in [0.1, 0.15) is 0 Å². The van der Waals surface area contributed by atoms with E-state index in [9.17, 15) is 0 Å². The molecule has 0 atom stereocenters. The lowest BCUT2D eigenvalue weighted by atomic mass is 10.2. The van der Waals surface area contributed by atoms with Crippen molar-refractivity contribution in [3.63, 3.8) is 0 Å². The molecular formula is C7H13N. The van der Waals surface area contributed by atoms with Crippen LogP contribution in [0.3, 0.4) is 0 Å². The van der Waals surface area contributed by atoms with E-state index in [-0.39, 0.29) is 0 Å². The van der Waals surface area contributed by atoms with Gasteiger partial charge in [-0.25, -0.2) is 0 Å². The Labute approximate surface area is 51.1 Å². The highest BCUT2D eigenvalue weighted by Crippen LogP contribution is 2.06. The van der Waals surface area contributed by atoms with Gasteiger partial charge in [-0.3, -0.25) is 4.99 Å². The lowest BCUT2D eigenvalue weighted by Crippen LogP contribution is -1.76. The molecule has 0 unspecified atom stereocenters. The van der Waals surface area contributed by atoms with E-state index < -0.39 is 0 Å². The van der Waals surface area contributed by atoms with Gasteiger partial charge in [-0.1, -0.05) is 12.5 Å². The van der Waals surface area contributed by atoms with Crippen LogP contribution in [0.5, 0.6) is 0 Å². The standard InChI is InChI=1S/C7H13N/c1-5-6(2)7(3)8-4/h4-5H2,1-3H3. The van der Waals surface area contributed by atoms with E-state index in [4.69, 9.17) is 0 Å². The van der Waals surface area contributed by atoms with Crippen molar-refractivity contribution < 1.29 is 0 Å². The van der Waals surface area contributed by atoms with Crippen molar-refractivity contribution in [1.29, 1.82) is 0 Å². The molecule has 0 bridgehead atoms. The lowest BCUT2D eigenvalue weighted by Gasteiger charge is -1.95. The fraction of sp³-hybridized carbons (Fsp3) is 0.571. The number of rotatable bonds is 2. The van der Waals surface area contributed by atoms with E-state index in [1.54, 1.807) is 0 Å². The van der Waals surface area contributed by atoms with Gasteiger partial charge < -0.3 is 0 Å². The van der Waals surface area contributed by atoms with Gasteiger partial charge in [0.05, 0.1) is 0 Å². The van der Waals surface area contributed by atoms with Crippen molar-refractivity contribution >= 4 is 6.72 Å². The predicted molar refractivity (Wildman–Crippen MR) is 38.2 cm³/mol. The highest BCUT2D eigenvalue weighted by Gasteiger charge is 1.86. The Balaban J connectivity index is 4.03. The van der Waals surface area contributed by atoms with Crippen molar-refractivity contribution in [1.82, 2.24) is 0 Å². The summed E-state index contributed by atoms with van der Waals surface area (Å²) < 4.78 is 0. The third-order valence-corrected chi connectivity index (χ3v) is 1.39. The molecule has 0 aliphatic rings. The number of aliphatic imine (C=N–C) groups is 1. The quantitative estimate of drug-likeness (QED) is 0.485. The van der Waals surface area contributed by atoms with E-state index in [1.165, 1.54) is 5.57 Å². The fourth-order valence-corrected chi connectivity index (χ4v) is 0.391. The second kappa shape index (κ2) is 3.42. The van der Waals surface area contributed by atoms with Gasteiger partial charge in [0.15, 0.2) is 0 Å². The van der Waals surface area contributed by atoms with Gasteiger partial charge in [0.2, 0.25) is 0 Å². The van der Waals surface area contributed by atoms with Crippen LogP contribution in [0.25, 0.3) is 0 Å². The fourth-order valence-electron chi connectivity index (χ4n) is 0.391. The molecular weight excluding hydrogens is 98.1 g/mol. The summed E-state index contributed by atoms with van der Waals surface area (Å²) in [5.41, 5.74) is 2.38. The molecule has 0 N–H and O–H groups in total. The summed E-state index contributed by atoms with van der Waals surface area (Å²) in [6, 6.07) is 0. The predicted octanol–water partition coefficient (Wildman–Crippen LogP) is 2.39. The second-order valence-corrected chi connectivity index (χ2v) is 1.88. The van der Waals surface area contributed by atoms with Crippen molar-refractivity contribution in [2.24, 2.45) is 4.99 Å². The van der Waals surface area contributed by atoms with Crippen molar-refractivity contribution in [2.75, 3.05) is 0 Å². The molecule has 1 heteroatoms. The van der Waals surface area contributed by atoms with Crippen LogP contribution in [0.1, 0.15) is 27.2 Å². The number of hydrogen-bond donors (Lipinski definition) is 0. The van der Waals surface area contributed by atoms with Crippen LogP contribution in [0.2, 0.25) is 0 Å². The smallest absolute Gasteiger partial charge is 0.0354 e. The van der Waals surface area contributed by atoms with Crippen LogP contribution in [0, 0.1) is 0 Å². The summed E-state index contributed by atoms with van der Waals surface area (Å²) in [5, 5.41) is 0. The van der Waals surface area contributed by atoms with E-state index in [0.717, 1.165) is 12.1 Å². The Morgan fingerprint density at radius 2 is 2.00 bits per heavy atom. The zero-order valence-electron chi connectivity index (χ0n) is 5.86. The van der Waals surface area contributed by atoms with Crippen LogP contribution in [0.4, 0.5) is 0 Å². The maximum atomic E-state index is 3.79. The Hall–Kier alpha value is -0.590. The third kappa shape index (κ3) is 1.92. The zero-order valence-corrected chi connectivity index (χ0v) is 5.86. The molecule has 0 heterocycles. The molecule has 0 radical (unpaired) electrons. The van der Waals surface area contributed by atoms with E-state index in [1.807, 2.05) is 6.92 Å². The minimum Gasteiger partial charge on any atom is -0.269 e. The first-order valence-corrected chi connectivity index (χ1v) is 2.85. The molecule has 0 saturated heterocycles. The minimum absolute atomic E-state index is 1.06. The Morgan fingerprint density at radius 3 is 2.12 bits per heavy atom. The van der Waals surface area contributed by atoms with Crippen LogP contribution in [-0.2, 0) is 0 Å². The van der Waals surface area contributed by atoms with Crippen LogP contribution < -0.4 is 0 Å². The lowest BCUT2D eigenvalue weighted by molar-refractivity contribution is 1.04. The molecule has 0 aromatic carbocycles. The van der Waals surface area contributed by atoms with Gasteiger partial charge in [0.25, 0.3) is 0 Å². The number of allylic oxidation sites excluding steroid dienone is 2. The van der Waals surface area contributed by atoms with Crippen molar-refractivity contribution in [2.45, 2.75) is 27.2 Å². The second-order valence-electron chi connectivity index (χ2n) is 1.88. The molecule has 0 aliphatic heterocycles. The Kier molecular flexibility index (Phi) is 3.16. The van der Waals surface area contributed by atoms with Gasteiger partial charge in [-0.2, -0.15) is 0 Å². The minimum atomic E-state index is 1.06. The Bertz CT molecular complexity index is 112. The van der Waals surface area contributed by atoms with Gasteiger partial charge in [-0.15, -0.1) is 0 Å². The maximum absolute atomic E-state index is 3.79. The highest BCUT2D eigenvalue weighted by molar-refractivity contribution is 5.29. The van der Waals surface area contributed by atoms with Gasteiger partial charge >= 0.3 is 0 Å². The molecule has 0 spiro atoms. The van der Waals surface area contributed by atoms with E-state index in [2.05, 4.69) is 25.6 Å². The first kappa shape index (κ1) is 7.41. The normalized spacial score (nSPS) is 12.9. The van der Waals surface area contributed by atoms with E-state index in [0.29, 0.717) is 0 Å². The molecule has 0 amide bonds. The topological polar surface area (TPSA) is 12.4 Å². The average molecular weight is 111 g/mol. The summed E-state index contributed by atoms with van der Waals surface area (Å²) >= 11 is 0. The molecule has 46 valence electrons. The van der Waals surface area contributed by atoms with Crippen molar-refractivity contribution in [3.8, 4) is 0 Å². The van der Waals surface area contributed by atoms with Gasteiger partial charge in [-0.05, 0) is 27.0 Å². The van der Waals surface area contributed by atoms with Crippen LogP contribution in [-0.4, -0.2) is 6.72 Å². The summed E-state index contributed by atoms with van der Waals surface area (Å²) in [6.07, 6.45) is 1.07. The molecule has 0 rings (SSSR count). The summed E-state index contributed by atoms with van der Waals surface area (Å²) in [5.74, 6) is 0. The summed E-state index contributed by atoms with van der Waals surface area (Å²) in [4.78, 5) is 3.79. The average Bonchev–Trinajstić information content (AvgIpc) is 1.84. The van der Waals surface area contributed by atoms with Gasteiger partial charge in [0, 0.05) is 5.70 Å². The van der Waals surface area contributed by atoms with Crippen molar-refractivity contribution in [3.05, 3.63) is 11.3 Å². The first-order chi connectivity index (χ1) is 3.72. The largest absolute Gasteiger partial charge is 0.269 e. The van der Waals surface area contributed by atoms with E-state index >= 15 is 0 Å². The zero-order chi connectivity index (χ0) is 6.57. The molecule has 0 aliphatic carbocycles. The summed E-state index contributed by atoms with van der Waals surface area (Å²) in [7, 11) is 0. The molecule has 0 saturated carbocycles. The SMILES string of the molecule is C=NC(C)=C(C)CC. The molecule has 0 fully saturated rings.